The molecule has 2 unspecified atom stereocenters. The van der Waals surface area contributed by atoms with E-state index in [-0.39, 0.29) is 0 Å². The lowest BCUT2D eigenvalue weighted by Crippen LogP contribution is -2.22. The van der Waals surface area contributed by atoms with Gasteiger partial charge in [-0.3, -0.25) is 5.10 Å². The minimum Gasteiger partial charge on any atom is -0.394 e. The molecular formula is C9H11N3O3. The molecule has 6 heteroatoms. The lowest BCUT2D eigenvalue weighted by molar-refractivity contribution is -0.0166. The molecule has 0 spiro atoms. The van der Waals surface area contributed by atoms with Crippen molar-refractivity contribution in [2.45, 2.75) is 12.2 Å². The quantitative estimate of drug-likeness (QED) is 0.537. The van der Waals surface area contributed by atoms with Gasteiger partial charge in [0.25, 0.3) is 0 Å². The van der Waals surface area contributed by atoms with E-state index >= 15 is 0 Å². The van der Waals surface area contributed by atoms with E-state index in [1.54, 1.807) is 18.3 Å². The Kier molecular flexibility index (Phi) is 2.63. The van der Waals surface area contributed by atoms with Gasteiger partial charge in [0.15, 0.2) is 5.65 Å². The number of aliphatic hydroxyl groups excluding tert-OH is 3. The van der Waals surface area contributed by atoms with Crippen molar-refractivity contribution in [3.8, 4) is 0 Å². The lowest BCUT2D eigenvalue weighted by Gasteiger charge is -2.13. The second kappa shape index (κ2) is 3.93. The number of pyridine rings is 1. The van der Waals surface area contributed by atoms with Gasteiger partial charge in [0, 0.05) is 11.6 Å². The van der Waals surface area contributed by atoms with Crippen LogP contribution >= 0.6 is 0 Å². The number of nitrogens with zero attached hydrogens (tertiary/aromatic N) is 2. The molecule has 0 fully saturated rings. The summed E-state index contributed by atoms with van der Waals surface area (Å²) >= 11 is 0. The highest BCUT2D eigenvalue weighted by Gasteiger charge is 2.21. The van der Waals surface area contributed by atoms with Crippen molar-refractivity contribution in [2.24, 2.45) is 0 Å². The highest BCUT2D eigenvalue weighted by molar-refractivity contribution is 5.77. The van der Waals surface area contributed by atoms with Crippen LogP contribution in [0.2, 0.25) is 0 Å². The van der Waals surface area contributed by atoms with Crippen LogP contribution in [0.1, 0.15) is 11.8 Å². The normalized spacial score (nSPS) is 15.4. The summed E-state index contributed by atoms with van der Waals surface area (Å²) in [5, 5.41) is 34.8. The molecule has 0 aliphatic heterocycles. The fourth-order valence-electron chi connectivity index (χ4n) is 1.39. The Balaban J connectivity index is 2.43. The van der Waals surface area contributed by atoms with E-state index in [0.717, 1.165) is 0 Å². The average molecular weight is 209 g/mol. The van der Waals surface area contributed by atoms with Crippen LogP contribution in [0.4, 0.5) is 0 Å². The molecule has 2 aromatic rings. The minimum absolute atomic E-state index is 0.361. The third-order valence-electron chi connectivity index (χ3n) is 2.21. The van der Waals surface area contributed by atoms with Crippen LogP contribution in [-0.2, 0) is 0 Å². The van der Waals surface area contributed by atoms with Gasteiger partial charge >= 0.3 is 0 Å². The first-order valence-corrected chi connectivity index (χ1v) is 4.50. The first-order valence-electron chi connectivity index (χ1n) is 4.50. The Bertz CT molecular complexity index is 457. The van der Waals surface area contributed by atoms with Crippen LogP contribution in [-0.4, -0.2) is 43.2 Å². The van der Waals surface area contributed by atoms with Crippen molar-refractivity contribution in [1.82, 2.24) is 15.2 Å². The molecule has 0 aliphatic rings. The van der Waals surface area contributed by atoms with Crippen molar-refractivity contribution in [3.05, 3.63) is 24.0 Å². The zero-order chi connectivity index (χ0) is 10.8. The summed E-state index contributed by atoms with van der Waals surface area (Å²) in [7, 11) is 0. The SMILES string of the molecule is OCC(O)C(O)c1[nH]nc2ncccc12. The Labute approximate surface area is 85.2 Å². The predicted molar refractivity (Wildman–Crippen MR) is 51.9 cm³/mol. The second-order valence-corrected chi connectivity index (χ2v) is 3.21. The predicted octanol–water partition coefficient (Wildman–Crippen LogP) is -0.656. The van der Waals surface area contributed by atoms with E-state index in [4.69, 9.17) is 5.11 Å². The van der Waals surface area contributed by atoms with Crippen LogP contribution < -0.4 is 0 Å². The third-order valence-corrected chi connectivity index (χ3v) is 2.21. The van der Waals surface area contributed by atoms with Crippen molar-refractivity contribution >= 4 is 11.0 Å². The summed E-state index contributed by atoms with van der Waals surface area (Å²) in [4.78, 5) is 3.97. The van der Waals surface area contributed by atoms with Gasteiger partial charge in [-0.25, -0.2) is 4.98 Å². The third kappa shape index (κ3) is 1.70. The van der Waals surface area contributed by atoms with Crippen LogP contribution in [0.5, 0.6) is 0 Å². The van der Waals surface area contributed by atoms with Gasteiger partial charge in [0.2, 0.25) is 0 Å². The van der Waals surface area contributed by atoms with Gasteiger partial charge in [0.1, 0.15) is 12.2 Å². The zero-order valence-corrected chi connectivity index (χ0v) is 7.83. The molecule has 4 N–H and O–H groups in total. The number of hydrogen-bond acceptors (Lipinski definition) is 5. The van der Waals surface area contributed by atoms with E-state index in [9.17, 15) is 10.2 Å². The van der Waals surface area contributed by atoms with Crippen LogP contribution in [0.15, 0.2) is 18.3 Å². The molecule has 2 atom stereocenters. The van der Waals surface area contributed by atoms with Gasteiger partial charge < -0.3 is 15.3 Å². The van der Waals surface area contributed by atoms with Gasteiger partial charge in [-0.15, -0.1) is 0 Å². The summed E-state index contributed by atoms with van der Waals surface area (Å²) in [6, 6.07) is 3.44. The summed E-state index contributed by atoms with van der Waals surface area (Å²) in [6.45, 7) is -0.512. The van der Waals surface area contributed by atoms with E-state index < -0.39 is 18.8 Å². The summed E-state index contributed by atoms with van der Waals surface area (Å²) in [6.07, 6.45) is -0.833. The highest BCUT2D eigenvalue weighted by Crippen LogP contribution is 2.22. The van der Waals surface area contributed by atoms with Gasteiger partial charge in [-0.1, -0.05) is 0 Å². The van der Waals surface area contributed by atoms with Crippen molar-refractivity contribution in [1.29, 1.82) is 0 Å². The molecule has 0 amide bonds. The number of aliphatic hydroxyl groups is 3. The summed E-state index contributed by atoms with van der Waals surface area (Å²) in [5.41, 5.74) is 0.830. The number of aromatic nitrogens is 3. The van der Waals surface area contributed by atoms with E-state index in [1.807, 2.05) is 0 Å². The topological polar surface area (TPSA) is 102 Å². The standard InChI is InChI=1S/C9H11N3O3/c13-4-6(14)8(15)7-5-2-1-3-10-9(5)12-11-7/h1-3,6,8,13-15H,4H2,(H,10,11,12). The summed E-state index contributed by atoms with van der Waals surface area (Å²) < 4.78 is 0. The first-order chi connectivity index (χ1) is 7.24. The molecule has 2 heterocycles. The van der Waals surface area contributed by atoms with Crippen molar-refractivity contribution in [3.63, 3.8) is 0 Å². The highest BCUT2D eigenvalue weighted by atomic mass is 16.4. The summed E-state index contributed by atoms with van der Waals surface area (Å²) in [5.74, 6) is 0. The molecule has 0 saturated heterocycles. The number of rotatable bonds is 3. The molecule has 0 radical (unpaired) electrons. The Hall–Kier alpha value is -1.50. The van der Waals surface area contributed by atoms with Crippen LogP contribution in [0.3, 0.4) is 0 Å². The maximum absolute atomic E-state index is 9.67. The number of fused-ring (bicyclic) bond motifs is 1. The molecule has 0 aromatic carbocycles. The lowest BCUT2D eigenvalue weighted by atomic mass is 10.1. The molecule has 0 bridgehead atoms. The Morgan fingerprint density at radius 3 is 2.93 bits per heavy atom. The Morgan fingerprint density at radius 2 is 2.20 bits per heavy atom. The first kappa shape index (κ1) is 10.0. The number of aromatic amines is 1. The zero-order valence-electron chi connectivity index (χ0n) is 7.83. The molecule has 0 saturated carbocycles. The fraction of sp³-hybridized carbons (Fsp3) is 0.333. The maximum atomic E-state index is 9.67. The van der Waals surface area contributed by atoms with E-state index in [0.29, 0.717) is 16.7 Å². The van der Waals surface area contributed by atoms with Gasteiger partial charge in [-0.2, -0.15) is 5.10 Å². The molecule has 2 aromatic heterocycles. The van der Waals surface area contributed by atoms with Crippen molar-refractivity contribution in [2.75, 3.05) is 6.61 Å². The molecule has 0 aliphatic carbocycles. The number of nitrogens with one attached hydrogen (secondary N) is 1. The largest absolute Gasteiger partial charge is 0.394 e. The minimum atomic E-state index is -1.23. The second-order valence-electron chi connectivity index (χ2n) is 3.21. The molecule has 6 nitrogen and oxygen atoms in total. The smallest absolute Gasteiger partial charge is 0.181 e. The van der Waals surface area contributed by atoms with Crippen molar-refractivity contribution < 1.29 is 15.3 Å². The monoisotopic (exact) mass is 209 g/mol. The average Bonchev–Trinajstić information content (AvgIpc) is 2.70. The molecule has 2 rings (SSSR count). The Morgan fingerprint density at radius 1 is 1.40 bits per heavy atom. The fourth-order valence-corrected chi connectivity index (χ4v) is 1.39. The van der Waals surface area contributed by atoms with Crippen LogP contribution in [0, 0.1) is 0 Å². The van der Waals surface area contributed by atoms with E-state index in [2.05, 4.69) is 15.2 Å². The van der Waals surface area contributed by atoms with Gasteiger partial charge in [-0.05, 0) is 12.1 Å². The molecule has 80 valence electrons. The number of hydrogen-bond donors (Lipinski definition) is 4. The van der Waals surface area contributed by atoms with E-state index in [1.165, 1.54) is 0 Å². The molecule has 15 heavy (non-hydrogen) atoms. The number of H-pyrrole nitrogens is 1. The maximum Gasteiger partial charge on any atom is 0.181 e. The molecular weight excluding hydrogens is 198 g/mol. The van der Waals surface area contributed by atoms with Gasteiger partial charge in [0.05, 0.1) is 12.3 Å². The van der Waals surface area contributed by atoms with Crippen LogP contribution in [0.25, 0.3) is 11.0 Å².